The van der Waals surface area contributed by atoms with Gasteiger partial charge in [-0.25, -0.2) is 0 Å². The maximum Gasteiger partial charge on any atom is 0.0397 e. The van der Waals surface area contributed by atoms with Gasteiger partial charge in [0.25, 0.3) is 0 Å². The minimum absolute atomic E-state index is 0.699. The fraction of sp³-hybridized carbons (Fsp3) is 0.667. The van der Waals surface area contributed by atoms with Crippen molar-refractivity contribution in [1.82, 2.24) is 5.32 Å². The van der Waals surface area contributed by atoms with Crippen LogP contribution in [0.25, 0.3) is 0 Å². The van der Waals surface area contributed by atoms with E-state index >= 15 is 0 Å². The zero-order valence-corrected chi connectivity index (χ0v) is 13.0. The second-order valence-corrected chi connectivity index (χ2v) is 6.69. The number of nitrogens with one attached hydrogen (secondary N) is 1. The molecule has 2 nitrogen and oxygen atoms in total. The molecule has 2 heteroatoms. The second kappa shape index (κ2) is 6.17. The average molecular weight is 272 g/mol. The first-order valence-electron chi connectivity index (χ1n) is 8.29. The van der Waals surface area contributed by atoms with Crippen molar-refractivity contribution >= 4 is 5.69 Å². The van der Waals surface area contributed by atoms with Crippen LogP contribution in [0.3, 0.4) is 0 Å². The van der Waals surface area contributed by atoms with Gasteiger partial charge in [0.2, 0.25) is 0 Å². The topological polar surface area (TPSA) is 15.3 Å². The van der Waals surface area contributed by atoms with Crippen molar-refractivity contribution in [2.75, 3.05) is 24.5 Å². The Hall–Kier alpha value is -1.02. The number of hydrogen-bond acceptors (Lipinski definition) is 2. The molecule has 1 saturated carbocycles. The summed E-state index contributed by atoms with van der Waals surface area (Å²) < 4.78 is 0. The number of aryl methyl sites for hydroxylation is 2. The van der Waals surface area contributed by atoms with Crippen LogP contribution < -0.4 is 10.2 Å². The molecule has 2 fully saturated rings. The minimum Gasteiger partial charge on any atom is -0.368 e. The third kappa shape index (κ3) is 3.01. The van der Waals surface area contributed by atoms with E-state index in [2.05, 4.69) is 42.3 Å². The Morgan fingerprint density at radius 2 is 1.90 bits per heavy atom. The largest absolute Gasteiger partial charge is 0.368 e. The third-order valence-electron chi connectivity index (χ3n) is 5.12. The highest BCUT2D eigenvalue weighted by atomic mass is 15.2. The zero-order chi connectivity index (χ0) is 13.9. The summed E-state index contributed by atoms with van der Waals surface area (Å²) in [7, 11) is 0. The molecular formula is C18H28N2. The van der Waals surface area contributed by atoms with Crippen LogP contribution in [0.2, 0.25) is 0 Å². The summed E-state index contributed by atoms with van der Waals surface area (Å²) in [5.41, 5.74) is 4.23. The van der Waals surface area contributed by atoms with Gasteiger partial charge >= 0.3 is 0 Å². The first kappa shape index (κ1) is 13.9. The number of hydrogen-bond donors (Lipinski definition) is 1. The molecule has 2 aliphatic rings. The zero-order valence-electron chi connectivity index (χ0n) is 13.0. The van der Waals surface area contributed by atoms with Crippen molar-refractivity contribution in [3.63, 3.8) is 0 Å². The van der Waals surface area contributed by atoms with E-state index in [-0.39, 0.29) is 0 Å². The van der Waals surface area contributed by atoms with Crippen molar-refractivity contribution in [1.29, 1.82) is 0 Å². The smallest absolute Gasteiger partial charge is 0.0397 e. The van der Waals surface area contributed by atoms with Crippen molar-refractivity contribution in [3.8, 4) is 0 Å². The summed E-state index contributed by atoms with van der Waals surface area (Å²) in [6.45, 7) is 7.90. The van der Waals surface area contributed by atoms with Crippen LogP contribution in [0.1, 0.15) is 43.2 Å². The molecule has 1 saturated heterocycles. The Balaban J connectivity index is 1.71. The molecule has 0 aromatic heterocycles. The van der Waals surface area contributed by atoms with E-state index in [9.17, 15) is 0 Å². The number of nitrogens with zero attached hydrogens (tertiary/aromatic N) is 1. The van der Waals surface area contributed by atoms with Gasteiger partial charge < -0.3 is 10.2 Å². The fourth-order valence-electron chi connectivity index (χ4n) is 4.01. The van der Waals surface area contributed by atoms with E-state index in [1.54, 1.807) is 0 Å². The second-order valence-electron chi connectivity index (χ2n) is 6.69. The van der Waals surface area contributed by atoms with Crippen LogP contribution in [0.5, 0.6) is 0 Å². The van der Waals surface area contributed by atoms with Gasteiger partial charge in [-0.1, -0.05) is 37.0 Å². The molecule has 110 valence electrons. The minimum atomic E-state index is 0.699. The molecular weight excluding hydrogens is 244 g/mol. The molecule has 0 bridgehead atoms. The van der Waals surface area contributed by atoms with E-state index < -0.39 is 0 Å². The molecule has 20 heavy (non-hydrogen) atoms. The van der Waals surface area contributed by atoms with Gasteiger partial charge in [0.1, 0.15) is 0 Å². The maximum absolute atomic E-state index is 3.78. The van der Waals surface area contributed by atoms with Crippen molar-refractivity contribution in [3.05, 3.63) is 29.3 Å². The number of benzene rings is 1. The molecule has 1 N–H and O–H groups in total. The summed E-state index contributed by atoms with van der Waals surface area (Å²) in [5, 5.41) is 3.78. The highest BCUT2D eigenvalue weighted by Gasteiger charge is 2.28. The van der Waals surface area contributed by atoms with Gasteiger partial charge in [-0.3, -0.25) is 0 Å². The van der Waals surface area contributed by atoms with Gasteiger partial charge in [0, 0.05) is 31.4 Å². The van der Waals surface area contributed by atoms with Crippen LogP contribution in [0, 0.1) is 19.8 Å². The lowest BCUT2D eigenvalue weighted by Gasteiger charge is -2.40. The molecule has 3 rings (SSSR count). The van der Waals surface area contributed by atoms with Crippen molar-refractivity contribution < 1.29 is 0 Å². The van der Waals surface area contributed by atoms with Crippen LogP contribution in [-0.4, -0.2) is 25.7 Å². The van der Waals surface area contributed by atoms with E-state index in [0.717, 1.165) is 19.0 Å². The predicted octanol–water partition coefficient (Wildman–Crippen LogP) is 3.66. The predicted molar refractivity (Wildman–Crippen MR) is 86.5 cm³/mol. The molecule has 1 aromatic rings. The Labute approximate surface area is 123 Å². The molecule has 1 heterocycles. The lowest BCUT2D eigenvalue weighted by molar-refractivity contribution is 0.257. The van der Waals surface area contributed by atoms with Crippen LogP contribution >= 0.6 is 0 Å². The van der Waals surface area contributed by atoms with E-state index in [1.165, 1.54) is 55.5 Å². The Morgan fingerprint density at radius 1 is 1.10 bits per heavy atom. The molecule has 1 unspecified atom stereocenters. The first-order chi connectivity index (χ1) is 9.74. The monoisotopic (exact) mass is 272 g/mol. The van der Waals surface area contributed by atoms with Crippen LogP contribution in [0.4, 0.5) is 5.69 Å². The number of piperazine rings is 1. The molecule has 1 aromatic carbocycles. The van der Waals surface area contributed by atoms with Gasteiger partial charge in [-0.15, -0.1) is 0 Å². The van der Waals surface area contributed by atoms with Gasteiger partial charge in [0.15, 0.2) is 0 Å². The third-order valence-corrected chi connectivity index (χ3v) is 5.12. The van der Waals surface area contributed by atoms with E-state index in [0.29, 0.717) is 6.04 Å². The van der Waals surface area contributed by atoms with Gasteiger partial charge in [-0.05, 0) is 44.2 Å². The molecule has 1 aliphatic heterocycles. The highest BCUT2D eigenvalue weighted by molar-refractivity contribution is 5.54. The number of rotatable bonds is 2. The van der Waals surface area contributed by atoms with Crippen LogP contribution in [0.15, 0.2) is 18.2 Å². The quantitative estimate of drug-likeness (QED) is 0.884. The SMILES string of the molecule is Cc1ccc(N2CCNC(C3CCCCC3)C2)c(C)c1. The fourth-order valence-corrected chi connectivity index (χ4v) is 4.01. The van der Waals surface area contributed by atoms with Crippen molar-refractivity contribution in [2.45, 2.75) is 52.0 Å². The van der Waals surface area contributed by atoms with Crippen LogP contribution in [-0.2, 0) is 0 Å². The van der Waals surface area contributed by atoms with E-state index in [1.807, 2.05) is 0 Å². The summed E-state index contributed by atoms with van der Waals surface area (Å²) in [6.07, 6.45) is 7.18. The lowest BCUT2D eigenvalue weighted by Crippen LogP contribution is -2.54. The molecule has 0 spiro atoms. The first-order valence-corrected chi connectivity index (χ1v) is 8.29. The standard InChI is InChI=1S/C18H28N2/c1-14-8-9-18(15(2)12-14)20-11-10-19-17(13-20)16-6-4-3-5-7-16/h8-9,12,16-17,19H,3-7,10-11,13H2,1-2H3. The molecule has 0 amide bonds. The van der Waals surface area contributed by atoms with Crippen molar-refractivity contribution in [2.24, 2.45) is 5.92 Å². The number of anilines is 1. The Bertz CT molecular complexity index is 449. The Morgan fingerprint density at radius 3 is 2.65 bits per heavy atom. The average Bonchev–Trinajstić information content (AvgIpc) is 2.48. The lowest BCUT2D eigenvalue weighted by atomic mass is 9.83. The molecule has 0 radical (unpaired) electrons. The highest BCUT2D eigenvalue weighted by Crippen LogP contribution is 2.29. The maximum atomic E-state index is 3.78. The molecule has 1 atom stereocenters. The normalized spacial score (nSPS) is 24.9. The Kier molecular flexibility index (Phi) is 4.30. The van der Waals surface area contributed by atoms with Gasteiger partial charge in [-0.2, -0.15) is 0 Å². The summed E-state index contributed by atoms with van der Waals surface area (Å²) in [6, 6.07) is 7.57. The van der Waals surface area contributed by atoms with Gasteiger partial charge in [0.05, 0.1) is 0 Å². The van der Waals surface area contributed by atoms with E-state index in [4.69, 9.17) is 0 Å². The summed E-state index contributed by atoms with van der Waals surface area (Å²) >= 11 is 0. The summed E-state index contributed by atoms with van der Waals surface area (Å²) in [4.78, 5) is 2.60. The summed E-state index contributed by atoms with van der Waals surface area (Å²) in [5.74, 6) is 0.900. The molecule has 1 aliphatic carbocycles.